The molecule has 0 spiro atoms. The SMILES string of the molecule is [2H]C([2H])(CCCC)NCC(=O)NCCCCCCN. The average molecular weight is 245 g/mol. The minimum Gasteiger partial charge on any atom is -0.355 e. The quantitative estimate of drug-likeness (QED) is 0.455. The number of hydrogen-bond donors (Lipinski definition) is 3. The molecule has 102 valence electrons. The minimum absolute atomic E-state index is 0.0412. The van der Waals surface area contributed by atoms with E-state index in [4.69, 9.17) is 8.48 Å². The zero-order valence-corrected chi connectivity index (χ0v) is 11.1. The average Bonchev–Trinajstić information content (AvgIpc) is 2.38. The third-order valence-corrected chi connectivity index (χ3v) is 2.48. The van der Waals surface area contributed by atoms with E-state index in [9.17, 15) is 4.79 Å². The van der Waals surface area contributed by atoms with Gasteiger partial charge in [-0.2, -0.15) is 0 Å². The summed E-state index contributed by atoms with van der Waals surface area (Å²) in [5.41, 5.74) is 5.39. The van der Waals surface area contributed by atoms with Crippen LogP contribution < -0.4 is 16.4 Å². The van der Waals surface area contributed by atoms with Gasteiger partial charge >= 0.3 is 0 Å². The first-order valence-electron chi connectivity index (χ1n) is 7.73. The van der Waals surface area contributed by atoms with Crippen LogP contribution in [0.1, 0.15) is 54.6 Å². The molecule has 0 aliphatic heterocycles. The second-order valence-corrected chi connectivity index (χ2v) is 4.19. The fraction of sp³-hybridized carbons (Fsp3) is 0.923. The molecular formula is C13H29N3O. The Kier molecular flexibility index (Phi) is 10.2. The largest absolute Gasteiger partial charge is 0.355 e. The Bertz CT molecular complexity index is 238. The molecule has 0 heterocycles. The molecule has 0 unspecified atom stereocenters. The summed E-state index contributed by atoms with van der Waals surface area (Å²) in [6.07, 6.45) is 6.38. The summed E-state index contributed by atoms with van der Waals surface area (Å²) in [4.78, 5) is 11.5. The van der Waals surface area contributed by atoms with Crippen LogP contribution in [0.25, 0.3) is 0 Å². The predicted octanol–water partition coefficient (Wildman–Crippen LogP) is 1.40. The highest BCUT2D eigenvalue weighted by Gasteiger charge is 1.98. The predicted molar refractivity (Wildman–Crippen MR) is 72.9 cm³/mol. The summed E-state index contributed by atoms with van der Waals surface area (Å²) in [5, 5.41) is 5.45. The van der Waals surface area contributed by atoms with Crippen LogP contribution in [0.4, 0.5) is 0 Å². The molecule has 4 nitrogen and oxygen atoms in total. The van der Waals surface area contributed by atoms with Gasteiger partial charge in [0.15, 0.2) is 0 Å². The van der Waals surface area contributed by atoms with Gasteiger partial charge < -0.3 is 16.4 Å². The molecule has 0 saturated heterocycles. The molecule has 0 aliphatic rings. The highest BCUT2D eigenvalue weighted by molar-refractivity contribution is 5.77. The molecule has 1 amide bonds. The zero-order valence-electron chi connectivity index (χ0n) is 13.1. The van der Waals surface area contributed by atoms with Crippen LogP contribution in [0.2, 0.25) is 0 Å². The maximum Gasteiger partial charge on any atom is 0.233 e. The number of carbonyl (C=O) groups excluding carboxylic acids is 1. The van der Waals surface area contributed by atoms with Crippen molar-refractivity contribution in [3.8, 4) is 0 Å². The van der Waals surface area contributed by atoms with Crippen molar-refractivity contribution >= 4 is 5.91 Å². The topological polar surface area (TPSA) is 67.2 Å². The fourth-order valence-corrected chi connectivity index (χ4v) is 1.41. The van der Waals surface area contributed by atoms with Crippen LogP contribution in [0.5, 0.6) is 0 Å². The lowest BCUT2D eigenvalue weighted by molar-refractivity contribution is -0.120. The number of hydrogen-bond acceptors (Lipinski definition) is 3. The molecule has 4 N–H and O–H groups in total. The molecule has 0 aromatic carbocycles. The van der Waals surface area contributed by atoms with E-state index in [-0.39, 0.29) is 12.5 Å². The molecule has 0 rings (SSSR count). The van der Waals surface area contributed by atoms with Gasteiger partial charge in [0.1, 0.15) is 0 Å². The Morgan fingerprint density at radius 1 is 1.18 bits per heavy atom. The Hall–Kier alpha value is -0.610. The normalized spacial score (nSPS) is 13.1. The van der Waals surface area contributed by atoms with Gasteiger partial charge in [0, 0.05) is 9.29 Å². The fourth-order valence-electron chi connectivity index (χ4n) is 1.41. The maximum atomic E-state index is 11.5. The van der Waals surface area contributed by atoms with Gasteiger partial charge in [0.2, 0.25) is 5.91 Å². The monoisotopic (exact) mass is 245 g/mol. The van der Waals surface area contributed by atoms with Gasteiger partial charge in [-0.15, -0.1) is 0 Å². The van der Waals surface area contributed by atoms with Crippen LogP contribution >= 0.6 is 0 Å². The first kappa shape index (κ1) is 12.8. The molecule has 0 aromatic heterocycles. The highest BCUT2D eigenvalue weighted by atomic mass is 16.1. The van der Waals surface area contributed by atoms with Crippen molar-refractivity contribution < 1.29 is 7.54 Å². The Morgan fingerprint density at radius 2 is 1.94 bits per heavy atom. The smallest absolute Gasteiger partial charge is 0.233 e. The van der Waals surface area contributed by atoms with Crippen molar-refractivity contribution in [2.24, 2.45) is 5.73 Å². The lowest BCUT2D eigenvalue weighted by atomic mass is 10.2. The summed E-state index contributed by atoms with van der Waals surface area (Å²) in [5.74, 6) is -0.140. The second-order valence-electron chi connectivity index (χ2n) is 4.19. The van der Waals surface area contributed by atoms with Crippen LogP contribution in [0.15, 0.2) is 0 Å². The highest BCUT2D eigenvalue weighted by Crippen LogP contribution is 1.96. The molecule has 0 saturated carbocycles. The number of amides is 1. The summed E-state index contributed by atoms with van der Waals surface area (Å²) in [6.45, 7) is 1.99. The number of unbranched alkanes of at least 4 members (excludes halogenated alkanes) is 4. The first-order valence-corrected chi connectivity index (χ1v) is 6.73. The third kappa shape index (κ3) is 13.3. The van der Waals surface area contributed by atoms with Gasteiger partial charge in [-0.1, -0.05) is 32.6 Å². The van der Waals surface area contributed by atoms with E-state index in [1.54, 1.807) is 0 Å². The van der Waals surface area contributed by atoms with E-state index in [0.717, 1.165) is 45.1 Å². The van der Waals surface area contributed by atoms with Gasteiger partial charge in [-0.3, -0.25) is 4.79 Å². The third-order valence-electron chi connectivity index (χ3n) is 2.48. The van der Waals surface area contributed by atoms with Gasteiger partial charge in [-0.25, -0.2) is 0 Å². The zero-order chi connectivity index (χ0) is 14.6. The maximum absolute atomic E-state index is 11.5. The van der Waals surface area contributed by atoms with Crippen LogP contribution in [0.3, 0.4) is 0 Å². The first-order chi connectivity index (χ1) is 9.02. The number of nitrogens with two attached hydrogens (primary N) is 1. The Labute approximate surface area is 109 Å². The van der Waals surface area contributed by atoms with Gasteiger partial charge in [-0.05, 0) is 32.3 Å². The summed E-state index contributed by atoms with van der Waals surface area (Å²) >= 11 is 0. The summed E-state index contributed by atoms with van der Waals surface area (Å²) in [7, 11) is 0. The van der Waals surface area contributed by atoms with Gasteiger partial charge in [0.25, 0.3) is 0 Å². The number of nitrogens with one attached hydrogen (secondary N) is 2. The second kappa shape index (κ2) is 13.5. The summed E-state index contributed by atoms with van der Waals surface area (Å²) in [6, 6.07) is 0. The van der Waals surface area contributed by atoms with E-state index in [1.165, 1.54) is 0 Å². The van der Waals surface area contributed by atoms with E-state index >= 15 is 0 Å². The van der Waals surface area contributed by atoms with Gasteiger partial charge in [0.05, 0.1) is 6.54 Å². The van der Waals surface area contributed by atoms with Crippen LogP contribution in [-0.2, 0) is 4.79 Å². The minimum atomic E-state index is -1.45. The molecule has 17 heavy (non-hydrogen) atoms. The van der Waals surface area contributed by atoms with Crippen LogP contribution in [0, 0.1) is 0 Å². The van der Waals surface area contributed by atoms with E-state index in [2.05, 4.69) is 10.6 Å². The molecular weight excluding hydrogens is 214 g/mol. The van der Waals surface area contributed by atoms with Crippen molar-refractivity contribution in [1.29, 1.82) is 0 Å². The molecule has 4 heteroatoms. The molecule has 0 atom stereocenters. The molecule has 0 aromatic rings. The van der Waals surface area contributed by atoms with E-state index in [0.29, 0.717) is 13.0 Å². The van der Waals surface area contributed by atoms with Crippen molar-refractivity contribution in [2.75, 3.05) is 26.1 Å². The standard InChI is InChI=1S/C13H29N3O/c1-2-3-7-10-15-12-13(17)16-11-8-5-4-6-9-14/h15H,2-12,14H2,1H3,(H,16,17)/i10D2. The molecule has 0 bridgehead atoms. The van der Waals surface area contributed by atoms with Crippen molar-refractivity contribution in [1.82, 2.24) is 10.6 Å². The molecule has 0 aliphatic carbocycles. The molecule has 0 fully saturated rings. The number of carbonyl (C=O) groups is 1. The Balaban J connectivity index is 3.53. The van der Waals surface area contributed by atoms with Crippen LogP contribution in [-0.4, -0.2) is 32.0 Å². The van der Waals surface area contributed by atoms with Crippen molar-refractivity contribution in [2.45, 2.75) is 51.9 Å². The summed E-state index contributed by atoms with van der Waals surface area (Å²) < 4.78 is 15.4. The number of rotatable bonds is 12. The molecule has 0 radical (unpaired) electrons. The Morgan fingerprint density at radius 3 is 2.65 bits per heavy atom. The van der Waals surface area contributed by atoms with E-state index < -0.39 is 6.50 Å². The van der Waals surface area contributed by atoms with Crippen molar-refractivity contribution in [3.63, 3.8) is 0 Å². The van der Waals surface area contributed by atoms with Crippen molar-refractivity contribution in [3.05, 3.63) is 0 Å². The lowest BCUT2D eigenvalue weighted by Crippen LogP contribution is -2.34. The van der Waals surface area contributed by atoms with E-state index in [1.807, 2.05) is 6.92 Å². The lowest BCUT2D eigenvalue weighted by Gasteiger charge is -2.06.